The topological polar surface area (TPSA) is 56.1 Å². The zero-order valence-corrected chi connectivity index (χ0v) is 13.6. The van der Waals surface area contributed by atoms with Crippen molar-refractivity contribution in [2.24, 2.45) is 0 Å². The lowest BCUT2D eigenvalue weighted by Crippen LogP contribution is -2.29. The minimum Gasteiger partial charge on any atom is -0.497 e. The Labute approximate surface area is 130 Å². The van der Waals surface area contributed by atoms with Gasteiger partial charge in [-0.15, -0.1) is 0 Å². The number of aromatic nitrogens is 2. The van der Waals surface area contributed by atoms with Gasteiger partial charge in [-0.3, -0.25) is 4.79 Å². The Morgan fingerprint density at radius 2 is 2.14 bits per heavy atom. The maximum Gasteiger partial charge on any atom is 0.204 e. The van der Waals surface area contributed by atoms with E-state index >= 15 is 0 Å². The van der Waals surface area contributed by atoms with Gasteiger partial charge < -0.3 is 10.1 Å². The van der Waals surface area contributed by atoms with E-state index in [1.165, 1.54) is 0 Å². The van der Waals surface area contributed by atoms with Crippen LogP contribution in [0.3, 0.4) is 0 Å². The molecule has 0 bridgehead atoms. The van der Waals surface area contributed by atoms with E-state index in [1.807, 2.05) is 31.2 Å². The summed E-state index contributed by atoms with van der Waals surface area (Å²) in [4.78, 5) is 12.1. The molecule has 0 saturated heterocycles. The average Bonchev–Trinajstić information content (AvgIpc) is 2.53. The van der Waals surface area contributed by atoms with Crippen LogP contribution in [-0.2, 0) is 6.54 Å². The van der Waals surface area contributed by atoms with Gasteiger partial charge >= 0.3 is 0 Å². The molecular weight excluding hydrogens is 278 g/mol. The minimum atomic E-state index is -0.0348. The fraction of sp³-hybridized carbons (Fsp3) is 0.412. The number of hydrogen-bond acceptors (Lipinski definition) is 4. The zero-order valence-electron chi connectivity index (χ0n) is 13.6. The standard InChI is InChI=1S/C17H23N3O2/c1-5-12(2)18-11-16-17(21)9-13(3)20(19-16)14-7-6-8-15(10-14)22-4/h6-10,12,18H,5,11H2,1-4H3. The molecule has 0 radical (unpaired) electrons. The van der Waals surface area contributed by atoms with E-state index in [2.05, 4.69) is 24.3 Å². The lowest BCUT2D eigenvalue weighted by molar-refractivity contribution is 0.414. The molecule has 0 spiro atoms. The van der Waals surface area contributed by atoms with E-state index in [0.717, 1.165) is 23.6 Å². The number of nitrogens with one attached hydrogen (secondary N) is 1. The van der Waals surface area contributed by atoms with Crippen LogP contribution in [0.4, 0.5) is 0 Å². The number of nitrogens with zero attached hydrogens (tertiary/aromatic N) is 2. The van der Waals surface area contributed by atoms with Gasteiger partial charge in [0.2, 0.25) is 5.43 Å². The predicted octanol–water partition coefficient (Wildman–Crippen LogP) is 2.44. The summed E-state index contributed by atoms with van der Waals surface area (Å²) in [5.74, 6) is 0.761. The van der Waals surface area contributed by atoms with Crippen molar-refractivity contribution in [2.45, 2.75) is 39.8 Å². The molecule has 5 heteroatoms. The summed E-state index contributed by atoms with van der Waals surface area (Å²) in [6, 6.07) is 9.61. The van der Waals surface area contributed by atoms with Crippen LogP contribution in [0, 0.1) is 6.92 Å². The summed E-state index contributed by atoms with van der Waals surface area (Å²) in [6.45, 7) is 6.54. The largest absolute Gasteiger partial charge is 0.497 e. The minimum absolute atomic E-state index is 0.0348. The normalized spacial score (nSPS) is 12.2. The molecule has 0 aliphatic heterocycles. The highest BCUT2D eigenvalue weighted by atomic mass is 16.5. The third-order valence-electron chi connectivity index (χ3n) is 3.71. The molecule has 1 atom stereocenters. The van der Waals surface area contributed by atoms with E-state index in [-0.39, 0.29) is 5.43 Å². The number of methoxy groups -OCH3 is 1. The van der Waals surface area contributed by atoms with Gasteiger partial charge in [-0.2, -0.15) is 5.10 Å². The Kier molecular flexibility index (Phi) is 5.33. The van der Waals surface area contributed by atoms with E-state index in [9.17, 15) is 4.79 Å². The van der Waals surface area contributed by atoms with Crippen LogP contribution in [0.15, 0.2) is 35.1 Å². The Morgan fingerprint density at radius 3 is 2.82 bits per heavy atom. The maximum atomic E-state index is 12.1. The summed E-state index contributed by atoms with van der Waals surface area (Å²) in [7, 11) is 1.63. The second-order valence-electron chi connectivity index (χ2n) is 5.40. The third-order valence-corrected chi connectivity index (χ3v) is 3.71. The fourth-order valence-electron chi connectivity index (χ4n) is 2.12. The summed E-state index contributed by atoms with van der Waals surface area (Å²) in [5.41, 5.74) is 2.16. The van der Waals surface area contributed by atoms with Gasteiger partial charge in [-0.1, -0.05) is 13.0 Å². The second-order valence-corrected chi connectivity index (χ2v) is 5.40. The molecular formula is C17H23N3O2. The first-order valence-corrected chi connectivity index (χ1v) is 7.52. The molecule has 1 aromatic heterocycles. The van der Waals surface area contributed by atoms with Crippen molar-refractivity contribution in [2.75, 3.05) is 7.11 Å². The third kappa shape index (κ3) is 3.74. The number of rotatable bonds is 6. The molecule has 2 rings (SSSR count). The maximum absolute atomic E-state index is 12.1. The molecule has 0 saturated carbocycles. The van der Waals surface area contributed by atoms with Crippen molar-refractivity contribution < 1.29 is 4.74 Å². The molecule has 0 aliphatic carbocycles. The van der Waals surface area contributed by atoms with Crippen LogP contribution in [0.5, 0.6) is 5.75 Å². The van der Waals surface area contributed by atoms with E-state index in [1.54, 1.807) is 17.9 Å². The summed E-state index contributed by atoms with van der Waals surface area (Å²) >= 11 is 0. The van der Waals surface area contributed by atoms with Gasteiger partial charge in [0.1, 0.15) is 11.4 Å². The molecule has 1 N–H and O–H groups in total. The Morgan fingerprint density at radius 1 is 1.36 bits per heavy atom. The molecule has 0 amide bonds. The van der Waals surface area contributed by atoms with Crippen molar-refractivity contribution in [3.8, 4) is 11.4 Å². The smallest absolute Gasteiger partial charge is 0.204 e. The monoisotopic (exact) mass is 301 g/mol. The number of aryl methyl sites for hydroxylation is 1. The van der Waals surface area contributed by atoms with Gasteiger partial charge in [0.25, 0.3) is 0 Å². The van der Waals surface area contributed by atoms with Gasteiger partial charge in [0.05, 0.1) is 12.8 Å². The molecule has 22 heavy (non-hydrogen) atoms. The number of ether oxygens (including phenoxy) is 1. The highest BCUT2D eigenvalue weighted by molar-refractivity contribution is 5.39. The highest BCUT2D eigenvalue weighted by Crippen LogP contribution is 2.16. The zero-order chi connectivity index (χ0) is 16.1. The fourth-order valence-corrected chi connectivity index (χ4v) is 2.12. The first kappa shape index (κ1) is 16.2. The first-order chi connectivity index (χ1) is 10.5. The molecule has 118 valence electrons. The summed E-state index contributed by atoms with van der Waals surface area (Å²) < 4.78 is 7.02. The van der Waals surface area contributed by atoms with Crippen molar-refractivity contribution in [3.63, 3.8) is 0 Å². The van der Waals surface area contributed by atoms with Crippen LogP contribution in [0.2, 0.25) is 0 Å². The second kappa shape index (κ2) is 7.22. The van der Waals surface area contributed by atoms with Crippen LogP contribution >= 0.6 is 0 Å². The van der Waals surface area contributed by atoms with Crippen molar-refractivity contribution in [3.05, 3.63) is 51.9 Å². The first-order valence-electron chi connectivity index (χ1n) is 7.52. The van der Waals surface area contributed by atoms with E-state index < -0.39 is 0 Å². The predicted molar refractivity (Wildman–Crippen MR) is 87.7 cm³/mol. The van der Waals surface area contributed by atoms with Gasteiger partial charge in [-0.05, 0) is 32.4 Å². The summed E-state index contributed by atoms with van der Waals surface area (Å²) in [5, 5.41) is 7.82. The lowest BCUT2D eigenvalue weighted by atomic mass is 10.2. The molecule has 0 aliphatic rings. The number of benzene rings is 1. The molecule has 1 unspecified atom stereocenters. The molecule has 0 fully saturated rings. The van der Waals surface area contributed by atoms with Crippen molar-refractivity contribution in [1.82, 2.24) is 15.1 Å². The van der Waals surface area contributed by atoms with E-state index in [0.29, 0.717) is 18.3 Å². The van der Waals surface area contributed by atoms with Gasteiger partial charge in [0.15, 0.2) is 0 Å². The van der Waals surface area contributed by atoms with Crippen LogP contribution in [0.25, 0.3) is 5.69 Å². The van der Waals surface area contributed by atoms with Crippen molar-refractivity contribution in [1.29, 1.82) is 0 Å². The highest BCUT2D eigenvalue weighted by Gasteiger charge is 2.09. The molecule has 1 heterocycles. The quantitative estimate of drug-likeness (QED) is 0.890. The van der Waals surface area contributed by atoms with Crippen molar-refractivity contribution >= 4 is 0 Å². The molecule has 5 nitrogen and oxygen atoms in total. The van der Waals surface area contributed by atoms with Crippen LogP contribution in [0.1, 0.15) is 31.7 Å². The lowest BCUT2D eigenvalue weighted by Gasteiger charge is -2.14. The average molecular weight is 301 g/mol. The SMILES string of the molecule is CCC(C)NCc1nn(-c2cccc(OC)c2)c(C)cc1=O. The Bertz CT molecular complexity index is 695. The van der Waals surface area contributed by atoms with E-state index in [4.69, 9.17) is 4.74 Å². The molecule has 1 aromatic carbocycles. The Balaban J connectivity index is 2.37. The van der Waals surface area contributed by atoms with Crippen LogP contribution < -0.4 is 15.5 Å². The van der Waals surface area contributed by atoms with Gasteiger partial charge in [0, 0.05) is 30.4 Å². The Hall–Kier alpha value is -2.14. The number of hydrogen-bond donors (Lipinski definition) is 1. The summed E-state index contributed by atoms with van der Waals surface area (Å²) in [6.07, 6.45) is 1.01. The van der Waals surface area contributed by atoms with Gasteiger partial charge in [-0.25, -0.2) is 4.68 Å². The van der Waals surface area contributed by atoms with Crippen LogP contribution in [-0.4, -0.2) is 22.9 Å². The molecule has 2 aromatic rings.